The van der Waals surface area contributed by atoms with Crippen LogP contribution in [0.3, 0.4) is 0 Å². The lowest BCUT2D eigenvalue weighted by atomic mass is 10.2. The fourth-order valence-corrected chi connectivity index (χ4v) is 0.819. The molecule has 1 aromatic rings. The summed E-state index contributed by atoms with van der Waals surface area (Å²) in [6, 6.07) is 3.83. The third-order valence-corrected chi connectivity index (χ3v) is 1.45. The van der Waals surface area contributed by atoms with E-state index in [2.05, 4.69) is 11.6 Å². The topological polar surface area (TPSA) is 33.1 Å². The summed E-state index contributed by atoms with van der Waals surface area (Å²) in [7, 11) is 0. The van der Waals surface area contributed by atoms with E-state index in [0.717, 1.165) is 11.3 Å². The smallest absolute Gasteiger partial charge is 0.0486 e. The fourth-order valence-electron chi connectivity index (χ4n) is 0.819. The van der Waals surface area contributed by atoms with E-state index >= 15 is 0 Å². The van der Waals surface area contributed by atoms with E-state index in [4.69, 9.17) is 5.11 Å². The van der Waals surface area contributed by atoms with Gasteiger partial charge in [-0.05, 0) is 11.6 Å². The van der Waals surface area contributed by atoms with Crippen LogP contribution in [0.1, 0.15) is 11.3 Å². The van der Waals surface area contributed by atoms with Gasteiger partial charge in [0.1, 0.15) is 0 Å². The van der Waals surface area contributed by atoms with Crippen LogP contribution in [-0.2, 0) is 6.42 Å². The summed E-state index contributed by atoms with van der Waals surface area (Å²) in [6.45, 7) is 3.77. The van der Waals surface area contributed by atoms with Crippen molar-refractivity contribution < 1.29 is 5.11 Å². The van der Waals surface area contributed by atoms with Crippen molar-refractivity contribution >= 4 is 6.08 Å². The van der Waals surface area contributed by atoms with Crippen LogP contribution in [0.15, 0.2) is 24.9 Å². The maximum Gasteiger partial charge on any atom is 0.0486 e. The summed E-state index contributed by atoms with van der Waals surface area (Å²) in [6.07, 6.45) is 4.12. The number of aromatic nitrogens is 1. The summed E-state index contributed by atoms with van der Waals surface area (Å²) < 4.78 is 0. The molecule has 0 amide bonds. The highest BCUT2D eigenvalue weighted by molar-refractivity contribution is 5.44. The van der Waals surface area contributed by atoms with E-state index in [-0.39, 0.29) is 6.61 Å². The van der Waals surface area contributed by atoms with Crippen molar-refractivity contribution in [3.05, 3.63) is 36.2 Å². The molecule has 0 fully saturated rings. The van der Waals surface area contributed by atoms with Crippen LogP contribution in [0, 0.1) is 0 Å². The van der Waals surface area contributed by atoms with Crippen molar-refractivity contribution in [1.82, 2.24) is 4.98 Å². The molecule has 0 aromatic carbocycles. The monoisotopic (exact) mass is 149 g/mol. The van der Waals surface area contributed by atoms with Gasteiger partial charge in [-0.15, -0.1) is 0 Å². The molecular weight excluding hydrogens is 138 g/mol. The third-order valence-electron chi connectivity index (χ3n) is 1.45. The first-order valence-electron chi connectivity index (χ1n) is 3.55. The molecule has 1 aromatic heterocycles. The second kappa shape index (κ2) is 3.88. The summed E-state index contributed by atoms with van der Waals surface area (Å²) in [5.74, 6) is 0. The number of aliphatic hydroxyl groups excluding tert-OH is 1. The quantitative estimate of drug-likeness (QED) is 0.701. The predicted molar refractivity (Wildman–Crippen MR) is 45.1 cm³/mol. The fraction of sp³-hybridized carbons (Fsp3) is 0.222. The van der Waals surface area contributed by atoms with E-state index in [0.29, 0.717) is 6.42 Å². The van der Waals surface area contributed by atoms with Crippen LogP contribution in [0.2, 0.25) is 0 Å². The molecule has 58 valence electrons. The summed E-state index contributed by atoms with van der Waals surface area (Å²) in [5, 5.41) is 8.59. The molecule has 0 spiro atoms. The molecule has 0 unspecified atom stereocenters. The molecule has 11 heavy (non-hydrogen) atoms. The van der Waals surface area contributed by atoms with E-state index in [1.165, 1.54) is 0 Å². The zero-order valence-corrected chi connectivity index (χ0v) is 6.33. The van der Waals surface area contributed by atoms with Crippen molar-refractivity contribution in [2.75, 3.05) is 6.61 Å². The standard InChI is InChI=1S/C9H11NO/c1-2-8-3-4-9(5-6-11)10-7-8/h2-4,7,11H,1,5-6H2. The molecule has 0 aliphatic heterocycles. The summed E-state index contributed by atoms with van der Waals surface area (Å²) in [5.41, 5.74) is 1.92. The van der Waals surface area contributed by atoms with Gasteiger partial charge < -0.3 is 5.11 Å². The molecule has 2 nitrogen and oxygen atoms in total. The average Bonchev–Trinajstić information content (AvgIpc) is 2.07. The van der Waals surface area contributed by atoms with Crippen molar-refractivity contribution in [3.63, 3.8) is 0 Å². The molecule has 0 saturated heterocycles. The second-order valence-electron chi connectivity index (χ2n) is 2.26. The van der Waals surface area contributed by atoms with Gasteiger partial charge in [0, 0.05) is 24.9 Å². The van der Waals surface area contributed by atoms with Crippen molar-refractivity contribution in [2.45, 2.75) is 6.42 Å². The lowest BCUT2D eigenvalue weighted by Crippen LogP contribution is -1.93. The first-order valence-corrected chi connectivity index (χ1v) is 3.55. The van der Waals surface area contributed by atoms with Gasteiger partial charge in [0.05, 0.1) is 0 Å². The van der Waals surface area contributed by atoms with Crippen molar-refractivity contribution in [3.8, 4) is 0 Å². The molecule has 1 N–H and O–H groups in total. The average molecular weight is 149 g/mol. The minimum Gasteiger partial charge on any atom is -0.396 e. The van der Waals surface area contributed by atoms with Crippen LogP contribution in [0.25, 0.3) is 6.08 Å². The normalized spacial score (nSPS) is 9.55. The number of rotatable bonds is 3. The number of hydrogen-bond donors (Lipinski definition) is 1. The number of pyridine rings is 1. The van der Waals surface area contributed by atoms with Crippen molar-refractivity contribution in [2.24, 2.45) is 0 Å². The Labute approximate surface area is 66.2 Å². The molecule has 0 bridgehead atoms. The van der Waals surface area contributed by atoms with Gasteiger partial charge in [0.2, 0.25) is 0 Å². The molecule has 0 saturated carbocycles. The molecular formula is C9H11NO. The summed E-state index contributed by atoms with van der Waals surface area (Å²) in [4.78, 5) is 4.11. The first kappa shape index (κ1) is 7.95. The Morgan fingerprint density at radius 1 is 1.55 bits per heavy atom. The van der Waals surface area contributed by atoms with Gasteiger partial charge in [0.15, 0.2) is 0 Å². The Balaban J connectivity index is 2.74. The van der Waals surface area contributed by atoms with Crippen LogP contribution >= 0.6 is 0 Å². The van der Waals surface area contributed by atoms with Gasteiger partial charge in [-0.2, -0.15) is 0 Å². The molecule has 0 aliphatic carbocycles. The number of nitrogens with zero attached hydrogens (tertiary/aromatic N) is 1. The van der Waals surface area contributed by atoms with Crippen LogP contribution in [0.5, 0.6) is 0 Å². The highest BCUT2D eigenvalue weighted by Gasteiger charge is 1.91. The highest BCUT2D eigenvalue weighted by Crippen LogP contribution is 2.01. The minimum absolute atomic E-state index is 0.153. The van der Waals surface area contributed by atoms with Crippen LogP contribution < -0.4 is 0 Å². The molecule has 0 radical (unpaired) electrons. The third kappa shape index (κ3) is 2.16. The molecule has 1 heterocycles. The van der Waals surface area contributed by atoms with E-state index < -0.39 is 0 Å². The van der Waals surface area contributed by atoms with E-state index in [9.17, 15) is 0 Å². The minimum atomic E-state index is 0.153. The van der Waals surface area contributed by atoms with Crippen molar-refractivity contribution in [1.29, 1.82) is 0 Å². The van der Waals surface area contributed by atoms with Crippen LogP contribution in [-0.4, -0.2) is 16.7 Å². The predicted octanol–water partition coefficient (Wildman–Crippen LogP) is 1.26. The Bertz CT molecular complexity index is 228. The maximum atomic E-state index is 8.59. The first-order chi connectivity index (χ1) is 5.36. The SMILES string of the molecule is C=Cc1ccc(CCO)nc1. The van der Waals surface area contributed by atoms with Gasteiger partial charge in [-0.25, -0.2) is 0 Å². The summed E-state index contributed by atoms with van der Waals surface area (Å²) >= 11 is 0. The Hall–Kier alpha value is -1.15. The molecule has 1 rings (SSSR count). The lowest BCUT2D eigenvalue weighted by Gasteiger charge is -1.96. The number of aliphatic hydroxyl groups is 1. The molecule has 0 aliphatic rings. The Kier molecular flexibility index (Phi) is 2.81. The maximum absolute atomic E-state index is 8.59. The van der Waals surface area contributed by atoms with Gasteiger partial charge in [-0.1, -0.05) is 18.7 Å². The van der Waals surface area contributed by atoms with Gasteiger partial charge >= 0.3 is 0 Å². The van der Waals surface area contributed by atoms with Gasteiger partial charge in [-0.3, -0.25) is 4.98 Å². The van der Waals surface area contributed by atoms with E-state index in [1.807, 2.05) is 12.1 Å². The largest absolute Gasteiger partial charge is 0.396 e. The zero-order chi connectivity index (χ0) is 8.10. The zero-order valence-electron chi connectivity index (χ0n) is 6.33. The van der Waals surface area contributed by atoms with E-state index in [1.54, 1.807) is 12.3 Å². The second-order valence-corrected chi connectivity index (χ2v) is 2.26. The van der Waals surface area contributed by atoms with Gasteiger partial charge in [0.25, 0.3) is 0 Å². The Morgan fingerprint density at radius 2 is 2.36 bits per heavy atom. The molecule has 0 atom stereocenters. The highest BCUT2D eigenvalue weighted by atomic mass is 16.3. The lowest BCUT2D eigenvalue weighted by molar-refractivity contribution is 0.298. The number of hydrogen-bond acceptors (Lipinski definition) is 2. The molecule has 2 heteroatoms. The Morgan fingerprint density at radius 3 is 2.82 bits per heavy atom. The van der Waals surface area contributed by atoms with Crippen LogP contribution in [0.4, 0.5) is 0 Å².